The van der Waals surface area contributed by atoms with E-state index in [-0.39, 0.29) is 12.2 Å². The minimum absolute atomic E-state index is 0.108. The zero-order chi connectivity index (χ0) is 21.6. The van der Waals surface area contributed by atoms with Crippen molar-refractivity contribution in [1.29, 1.82) is 0 Å². The van der Waals surface area contributed by atoms with E-state index in [9.17, 15) is 13.2 Å². The molecule has 1 unspecified atom stereocenters. The van der Waals surface area contributed by atoms with Crippen LogP contribution >= 0.6 is 15.9 Å². The fourth-order valence-corrected chi connectivity index (χ4v) is 4.38. The lowest BCUT2D eigenvalue weighted by Crippen LogP contribution is -2.18. The number of carbonyl (C=O) groups is 1. The van der Waals surface area contributed by atoms with Crippen molar-refractivity contribution >= 4 is 31.7 Å². The molecule has 2 aromatic rings. The van der Waals surface area contributed by atoms with Crippen molar-refractivity contribution in [2.24, 2.45) is 0 Å². The topological polar surface area (TPSA) is 91.8 Å². The van der Waals surface area contributed by atoms with Crippen molar-refractivity contribution in [3.8, 4) is 11.5 Å². The lowest BCUT2D eigenvalue weighted by atomic mass is 9.93. The summed E-state index contributed by atoms with van der Waals surface area (Å²) >= 11 is 3.30. The van der Waals surface area contributed by atoms with Gasteiger partial charge in [0.1, 0.15) is 9.84 Å². The predicted molar refractivity (Wildman–Crippen MR) is 114 cm³/mol. The Morgan fingerprint density at radius 2 is 1.93 bits per heavy atom. The number of carbonyl (C=O) groups excluding carboxylic acids is 1. The molecule has 2 rings (SSSR count). The number of ether oxygens (including phenoxy) is 3. The number of esters is 1. The van der Waals surface area contributed by atoms with Crippen LogP contribution in [0.4, 0.5) is 0 Å². The minimum atomic E-state index is -3.30. The number of hydrogen-bond donors (Lipinski definition) is 0. The van der Waals surface area contributed by atoms with Gasteiger partial charge in [0.2, 0.25) is 0 Å². The normalized spacial score (nSPS) is 12.3. The summed E-state index contributed by atoms with van der Waals surface area (Å²) in [6, 6.07) is 6.93. The maximum atomic E-state index is 12.2. The zero-order valence-corrected chi connectivity index (χ0v) is 19.2. The number of methoxy groups -OCH3 is 2. The lowest BCUT2D eigenvalue weighted by Gasteiger charge is -2.19. The second-order valence-electron chi connectivity index (χ2n) is 6.48. The van der Waals surface area contributed by atoms with Gasteiger partial charge < -0.3 is 14.2 Å². The fraction of sp³-hybridized carbons (Fsp3) is 0.400. The molecule has 0 bridgehead atoms. The Labute approximate surface area is 179 Å². The third-order valence-corrected chi connectivity index (χ3v) is 5.69. The first-order valence-electron chi connectivity index (χ1n) is 8.89. The summed E-state index contributed by atoms with van der Waals surface area (Å²) in [6.45, 7) is 2.30. The third-order valence-electron chi connectivity index (χ3n) is 4.24. The Bertz CT molecular complexity index is 977. The van der Waals surface area contributed by atoms with Gasteiger partial charge in [-0.05, 0) is 53.0 Å². The van der Waals surface area contributed by atoms with Gasteiger partial charge in [-0.3, -0.25) is 4.98 Å². The molecule has 0 saturated heterocycles. The predicted octanol–water partition coefficient (Wildman–Crippen LogP) is 3.41. The Kier molecular flexibility index (Phi) is 8.04. The molecule has 0 saturated carbocycles. The van der Waals surface area contributed by atoms with Gasteiger partial charge in [-0.15, -0.1) is 0 Å². The van der Waals surface area contributed by atoms with Crippen LogP contribution in [0.3, 0.4) is 0 Å². The quantitative estimate of drug-likeness (QED) is 0.502. The molecule has 0 aliphatic rings. The highest BCUT2D eigenvalue weighted by atomic mass is 79.9. The van der Waals surface area contributed by atoms with Crippen LogP contribution in [0, 0.1) is 0 Å². The SMILES string of the molecule is CCOc1cc(C(Cc2ncc(Br)cc2C(=O)OC)CS(C)(=O)=O)ccc1OC. The Hall–Kier alpha value is -2.13. The van der Waals surface area contributed by atoms with Crippen LogP contribution < -0.4 is 9.47 Å². The van der Waals surface area contributed by atoms with Crippen LogP contribution in [0.25, 0.3) is 0 Å². The van der Waals surface area contributed by atoms with Crippen LogP contribution in [-0.2, 0) is 21.0 Å². The molecular formula is C20H24BrNO6S. The standard InChI is InChI=1S/C20H24BrNO6S/c1-5-28-19-9-13(6-7-18(19)26-2)14(12-29(4,24)25)8-17-16(20(23)27-3)10-15(21)11-22-17/h6-7,9-11,14H,5,8,12H2,1-4H3. The van der Waals surface area contributed by atoms with E-state index in [1.165, 1.54) is 13.4 Å². The van der Waals surface area contributed by atoms with Gasteiger partial charge in [-0.1, -0.05) is 6.07 Å². The van der Waals surface area contributed by atoms with Crippen LogP contribution in [0.5, 0.6) is 11.5 Å². The highest BCUT2D eigenvalue weighted by Gasteiger charge is 2.24. The molecule has 158 valence electrons. The number of aromatic nitrogens is 1. The molecule has 0 fully saturated rings. The number of hydrogen-bond acceptors (Lipinski definition) is 7. The molecular weight excluding hydrogens is 462 g/mol. The molecule has 0 N–H and O–H groups in total. The van der Waals surface area contributed by atoms with Crippen molar-refractivity contribution in [2.75, 3.05) is 32.8 Å². The smallest absolute Gasteiger partial charge is 0.339 e. The van der Waals surface area contributed by atoms with Gasteiger partial charge in [0.05, 0.1) is 37.8 Å². The highest BCUT2D eigenvalue weighted by Crippen LogP contribution is 2.33. The highest BCUT2D eigenvalue weighted by molar-refractivity contribution is 9.10. The number of halogens is 1. The Morgan fingerprint density at radius 1 is 1.21 bits per heavy atom. The molecule has 1 heterocycles. The van der Waals surface area contributed by atoms with E-state index >= 15 is 0 Å². The number of nitrogens with zero attached hydrogens (tertiary/aromatic N) is 1. The van der Waals surface area contributed by atoms with Crippen LogP contribution in [0.15, 0.2) is 34.9 Å². The molecule has 7 nitrogen and oxygen atoms in total. The van der Waals surface area contributed by atoms with Crippen LogP contribution in [0.2, 0.25) is 0 Å². The van der Waals surface area contributed by atoms with Gasteiger partial charge in [0, 0.05) is 22.8 Å². The summed E-state index contributed by atoms with van der Waals surface area (Å²) in [5, 5.41) is 0. The number of sulfone groups is 1. The van der Waals surface area contributed by atoms with Gasteiger partial charge >= 0.3 is 5.97 Å². The van der Waals surface area contributed by atoms with Gasteiger partial charge in [0.15, 0.2) is 11.5 Å². The summed E-state index contributed by atoms with van der Waals surface area (Å²) in [5.41, 5.74) is 1.50. The molecule has 0 aliphatic heterocycles. The number of rotatable bonds is 9. The third kappa shape index (κ3) is 6.43. The van der Waals surface area contributed by atoms with Crippen LogP contribution in [-0.4, -0.2) is 52.2 Å². The molecule has 0 aliphatic carbocycles. The molecule has 1 atom stereocenters. The average Bonchev–Trinajstić information content (AvgIpc) is 2.67. The largest absolute Gasteiger partial charge is 0.493 e. The van der Waals surface area contributed by atoms with E-state index in [1.807, 2.05) is 6.92 Å². The average molecular weight is 486 g/mol. The zero-order valence-electron chi connectivity index (χ0n) is 16.8. The molecule has 1 aromatic carbocycles. The van der Waals surface area contributed by atoms with Crippen molar-refractivity contribution in [2.45, 2.75) is 19.3 Å². The first-order chi connectivity index (χ1) is 13.7. The maximum absolute atomic E-state index is 12.2. The Morgan fingerprint density at radius 3 is 2.52 bits per heavy atom. The summed E-state index contributed by atoms with van der Waals surface area (Å²) < 4.78 is 40.6. The van der Waals surface area contributed by atoms with Crippen molar-refractivity contribution in [1.82, 2.24) is 4.98 Å². The maximum Gasteiger partial charge on any atom is 0.339 e. The fourth-order valence-electron chi connectivity index (χ4n) is 3.00. The first kappa shape index (κ1) is 23.2. The second kappa shape index (κ2) is 10.1. The molecule has 9 heteroatoms. The number of pyridine rings is 1. The van der Waals surface area contributed by atoms with E-state index in [4.69, 9.17) is 14.2 Å². The first-order valence-corrected chi connectivity index (χ1v) is 11.7. The molecule has 0 radical (unpaired) electrons. The van der Waals surface area contributed by atoms with E-state index in [2.05, 4.69) is 20.9 Å². The van der Waals surface area contributed by atoms with Crippen LogP contribution in [0.1, 0.15) is 34.5 Å². The molecule has 0 spiro atoms. The Balaban J connectivity index is 2.51. The summed E-state index contributed by atoms with van der Waals surface area (Å²) in [4.78, 5) is 16.5. The van der Waals surface area contributed by atoms with Crippen molar-refractivity contribution < 1.29 is 27.4 Å². The monoisotopic (exact) mass is 485 g/mol. The number of benzene rings is 1. The van der Waals surface area contributed by atoms with E-state index in [1.54, 1.807) is 37.6 Å². The van der Waals surface area contributed by atoms with Crippen molar-refractivity contribution in [3.63, 3.8) is 0 Å². The minimum Gasteiger partial charge on any atom is -0.493 e. The van der Waals surface area contributed by atoms with Gasteiger partial charge in [0.25, 0.3) is 0 Å². The summed E-state index contributed by atoms with van der Waals surface area (Å²) in [7, 11) is -0.472. The summed E-state index contributed by atoms with van der Waals surface area (Å²) in [6.07, 6.45) is 2.99. The second-order valence-corrected chi connectivity index (χ2v) is 9.58. The van der Waals surface area contributed by atoms with E-state index in [0.29, 0.717) is 33.8 Å². The van der Waals surface area contributed by atoms with E-state index in [0.717, 1.165) is 5.56 Å². The molecule has 1 aromatic heterocycles. The van der Waals surface area contributed by atoms with Crippen molar-refractivity contribution in [3.05, 3.63) is 51.8 Å². The lowest BCUT2D eigenvalue weighted by molar-refractivity contribution is 0.0598. The molecule has 0 amide bonds. The summed E-state index contributed by atoms with van der Waals surface area (Å²) in [5.74, 6) is 0.0148. The van der Waals surface area contributed by atoms with Gasteiger partial charge in [-0.25, -0.2) is 13.2 Å². The van der Waals surface area contributed by atoms with Gasteiger partial charge in [-0.2, -0.15) is 0 Å². The van der Waals surface area contributed by atoms with E-state index < -0.39 is 21.7 Å². The molecule has 29 heavy (non-hydrogen) atoms.